The monoisotopic (exact) mass is 529 g/mol. The van der Waals surface area contributed by atoms with Crippen LogP contribution >= 0.6 is 12.6 Å². The Balaban J connectivity index is 1.96. The molecule has 3 rings (SSSR count). The van der Waals surface area contributed by atoms with Gasteiger partial charge in [-0.25, -0.2) is 4.79 Å². The topological polar surface area (TPSA) is 87.7 Å². The molecule has 0 bridgehead atoms. The number of carbonyl (C=O) groups excluding carboxylic acids is 3. The predicted molar refractivity (Wildman–Crippen MR) is 155 cm³/mol. The number of thiol groups is 1. The van der Waals surface area contributed by atoms with Gasteiger partial charge in [-0.3, -0.25) is 14.5 Å². The van der Waals surface area contributed by atoms with E-state index in [1.54, 1.807) is 51.1 Å². The first kappa shape index (κ1) is 28.4. The molecule has 0 aliphatic carbocycles. The number of hydrogen-bond donors (Lipinski definition) is 3. The summed E-state index contributed by atoms with van der Waals surface area (Å²) < 4.78 is 5.27. The summed E-state index contributed by atoms with van der Waals surface area (Å²) in [5, 5.41) is 7.35. The minimum Gasteiger partial charge on any atom is -0.444 e. The number of ether oxygens (including phenoxy) is 1. The first-order valence-electron chi connectivity index (χ1n) is 12.0. The van der Waals surface area contributed by atoms with Crippen molar-refractivity contribution in [1.82, 2.24) is 10.2 Å². The molecule has 0 saturated carbocycles. The van der Waals surface area contributed by atoms with Crippen LogP contribution in [0.2, 0.25) is 0 Å². The molecule has 8 heteroatoms. The van der Waals surface area contributed by atoms with Crippen molar-refractivity contribution in [1.29, 1.82) is 0 Å². The zero-order valence-electron chi connectivity index (χ0n) is 21.6. The number of hydrogen-bond acceptors (Lipinski definition) is 5. The standard InChI is InChI=1S/C30H31N3O4S/c1-6-20-11-10-14-23(17-20)26(27(34)31-24-16-15-21-12-8-9-13-22(21)18-24)33(7-2)28(35)25(19-38)32-29(36)37-30(3,4)5/h2,6,8-18,25-26,38H,1,19H2,3-5H3,(H,31,34)(H,32,36). The Morgan fingerprint density at radius 1 is 1.08 bits per heavy atom. The van der Waals surface area contributed by atoms with Gasteiger partial charge in [0.2, 0.25) is 0 Å². The third-order valence-corrected chi connectivity index (χ3v) is 5.90. The maximum absolute atomic E-state index is 13.7. The fourth-order valence-electron chi connectivity index (χ4n) is 3.82. The highest BCUT2D eigenvalue weighted by Gasteiger charge is 2.35. The lowest BCUT2D eigenvalue weighted by molar-refractivity contribution is -0.136. The third-order valence-electron chi connectivity index (χ3n) is 5.53. The van der Waals surface area contributed by atoms with Gasteiger partial charge < -0.3 is 15.4 Å². The molecule has 0 aliphatic heterocycles. The van der Waals surface area contributed by atoms with Crippen molar-refractivity contribution in [2.45, 2.75) is 38.5 Å². The molecule has 0 heterocycles. The van der Waals surface area contributed by atoms with E-state index in [4.69, 9.17) is 11.2 Å². The van der Waals surface area contributed by atoms with Crippen LogP contribution in [0.15, 0.2) is 73.3 Å². The smallest absolute Gasteiger partial charge is 0.408 e. The molecule has 0 fully saturated rings. The number of benzene rings is 3. The molecule has 0 spiro atoms. The molecule has 2 atom stereocenters. The van der Waals surface area contributed by atoms with Gasteiger partial charge in [-0.2, -0.15) is 12.6 Å². The van der Waals surface area contributed by atoms with Crippen LogP contribution in [0, 0.1) is 12.5 Å². The quantitative estimate of drug-likeness (QED) is 0.207. The number of rotatable bonds is 8. The molecule has 3 aromatic carbocycles. The Morgan fingerprint density at radius 2 is 1.79 bits per heavy atom. The summed E-state index contributed by atoms with van der Waals surface area (Å²) in [6, 6.07) is 20.3. The summed E-state index contributed by atoms with van der Waals surface area (Å²) >= 11 is 4.23. The number of fused-ring (bicyclic) bond motifs is 1. The van der Waals surface area contributed by atoms with Crippen LogP contribution < -0.4 is 10.6 Å². The largest absolute Gasteiger partial charge is 0.444 e. The fraction of sp³-hybridized carbons (Fsp3) is 0.233. The number of nitrogens with zero attached hydrogens (tertiary/aromatic N) is 1. The van der Waals surface area contributed by atoms with E-state index < -0.39 is 35.6 Å². The summed E-state index contributed by atoms with van der Waals surface area (Å²) in [5.41, 5.74) is 0.990. The molecule has 2 N–H and O–H groups in total. The average molecular weight is 530 g/mol. The molecule has 38 heavy (non-hydrogen) atoms. The number of amides is 3. The van der Waals surface area contributed by atoms with Crippen molar-refractivity contribution in [3.8, 4) is 12.5 Å². The number of terminal acetylenes is 1. The molecule has 0 aliphatic rings. The van der Waals surface area contributed by atoms with Crippen molar-refractivity contribution < 1.29 is 19.1 Å². The van der Waals surface area contributed by atoms with E-state index in [9.17, 15) is 14.4 Å². The average Bonchev–Trinajstić information content (AvgIpc) is 2.88. The predicted octanol–water partition coefficient (Wildman–Crippen LogP) is 5.41. The van der Waals surface area contributed by atoms with Crippen molar-refractivity contribution in [2.75, 3.05) is 11.1 Å². The van der Waals surface area contributed by atoms with Gasteiger partial charge in [0.25, 0.3) is 11.8 Å². The van der Waals surface area contributed by atoms with Crippen LogP contribution in [0.5, 0.6) is 0 Å². The lowest BCUT2D eigenvalue weighted by Gasteiger charge is -2.30. The third kappa shape index (κ3) is 7.17. The highest BCUT2D eigenvalue weighted by molar-refractivity contribution is 7.80. The molecule has 0 radical (unpaired) electrons. The van der Waals surface area contributed by atoms with E-state index in [0.717, 1.165) is 21.2 Å². The van der Waals surface area contributed by atoms with E-state index >= 15 is 0 Å². The highest BCUT2D eigenvalue weighted by Crippen LogP contribution is 2.26. The van der Waals surface area contributed by atoms with E-state index in [2.05, 4.69) is 35.9 Å². The zero-order chi connectivity index (χ0) is 27.9. The summed E-state index contributed by atoms with van der Waals surface area (Å²) in [4.78, 5) is 40.6. The van der Waals surface area contributed by atoms with Gasteiger partial charge in [-0.05, 0) is 60.9 Å². The van der Waals surface area contributed by atoms with Crippen molar-refractivity contribution in [2.24, 2.45) is 0 Å². The molecule has 196 valence electrons. The second kappa shape index (κ2) is 12.3. The second-order valence-corrected chi connectivity index (χ2v) is 9.91. The number of anilines is 1. The summed E-state index contributed by atoms with van der Waals surface area (Å²) in [7, 11) is 0. The van der Waals surface area contributed by atoms with Gasteiger partial charge in [0.1, 0.15) is 17.7 Å². The normalized spacial score (nSPS) is 12.5. The van der Waals surface area contributed by atoms with Gasteiger partial charge in [0.05, 0.1) is 0 Å². The van der Waals surface area contributed by atoms with Gasteiger partial charge in [-0.1, -0.05) is 67.6 Å². The Morgan fingerprint density at radius 3 is 2.42 bits per heavy atom. The minimum atomic E-state index is -1.21. The highest BCUT2D eigenvalue weighted by atomic mass is 32.1. The first-order chi connectivity index (χ1) is 18.1. The Hall–Kier alpha value is -4.22. The molecule has 3 aromatic rings. The fourth-order valence-corrected chi connectivity index (χ4v) is 4.07. The van der Waals surface area contributed by atoms with E-state index in [1.807, 2.05) is 42.5 Å². The number of carbonyl (C=O) groups is 3. The van der Waals surface area contributed by atoms with Gasteiger partial charge in [-0.15, -0.1) is 0 Å². The van der Waals surface area contributed by atoms with Crippen molar-refractivity contribution >= 4 is 53.1 Å². The maximum Gasteiger partial charge on any atom is 0.408 e. The molecule has 0 aromatic heterocycles. The van der Waals surface area contributed by atoms with Gasteiger partial charge in [0.15, 0.2) is 0 Å². The number of alkyl carbamates (subject to hydrolysis) is 1. The first-order valence-corrected chi connectivity index (χ1v) is 12.6. The summed E-state index contributed by atoms with van der Waals surface area (Å²) in [5.74, 6) is -1.28. The second-order valence-electron chi connectivity index (χ2n) is 9.55. The van der Waals surface area contributed by atoms with E-state index in [1.165, 1.54) is 0 Å². The molecule has 7 nitrogen and oxygen atoms in total. The Bertz CT molecular complexity index is 1390. The maximum atomic E-state index is 13.7. The molecular weight excluding hydrogens is 498 g/mol. The minimum absolute atomic E-state index is 0.0675. The van der Waals surface area contributed by atoms with Crippen molar-refractivity contribution in [3.05, 3.63) is 84.4 Å². The molecule has 0 saturated heterocycles. The Kier molecular flexibility index (Phi) is 9.21. The van der Waals surface area contributed by atoms with Crippen LogP contribution in [-0.2, 0) is 14.3 Å². The summed E-state index contributed by atoms with van der Waals surface area (Å²) in [6.45, 7) is 8.90. The van der Waals surface area contributed by atoms with Crippen molar-refractivity contribution in [3.63, 3.8) is 0 Å². The zero-order valence-corrected chi connectivity index (χ0v) is 22.5. The Labute approximate surface area is 228 Å². The van der Waals surface area contributed by atoms with Crippen LogP contribution in [0.3, 0.4) is 0 Å². The molecule has 3 amide bonds. The van der Waals surface area contributed by atoms with E-state index in [0.29, 0.717) is 11.3 Å². The SMILES string of the molecule is C#CN(C(=O)C(CS)NC(=O)OC(C)(C)C)C(C(=O)Nc1ccc2ccccc2c1)c1cccc(C=C)c1. The van der Waals surface area contributed by atoms with Crippen LogP contribution in [-0.4, -0.2) is 40.2 Å². The van der Waals surface area contributed by atoms with Crippen LogP contribution in [0.4, 0.5) is 10.5 Å². The number of nitrogens with one attached hydrogen (secondary N) is 2. The lowest BCUT2D eigenvalue weighted by Crippen LogP contribution is -2.51. The summed E-state index contributed by atoms with van der Waals surface area (Å²) in [6.07, 6.45) is 6.63. The van der Waals surface area contributed by atoms with Crippen LogP contribution in [0.25, 0.3) is 16.8 Å². The molecule has 2 unspecified atom stereocenters. The van der Waals surface area contributed by atoms with Crippen LogP contribution in [0.1, 0.15) is 37.9 Å². The van der Waals surface area contributed by atoms with E-state index in [-0.39, 0.29) is 5.75 Å². The van der Waals surface area contributed by atoms with Gasteiger partial charge >= 0.3 is 6.09 Å². The molecular formula is C30H31N3O4S. The lowest BCUT2D eigenvalue weighted by atomic mass is 10.0. The van der Waals surface area contributed by atoms with Gasteiger partial charge in [0, 0.05) is 17.5 Å².